The number of benzene rings is 1. The molecule has 1 aromatic carbocycles. The van der Waals surface area contributed by atoms with Gasteiger partial charge in [-0.3, -0.25) is 0 Å². The van der Waals surface area contributed by atoms with Crippen LogP contribution in [-0.4, -0.2) is 25.7 Å². The first-order chi connectivity index (χ1) is 8.11. The molecule has 1 aromatic rings. The Balaban J connectivity index is 2.32. The molecule has 0 saturated carbocycles. The molecule has 0 aliphatic carbocycles. The highest BCUT2D eigenvalue weighted by Crippen LogP contribution is 2.27. The number of aliphatic imine (C=N–C) groups is 1. The standard InChI is InChI=1S/C13H16BrNO2/c1-8(2)11-7-17-13(15-11)10-5-4-9(14)6-12(10)16-3/h4-6,8,11H,7H2,1-3H3/t11-/m1/s1. The van der Waals surface area contributed by atoms with Crippen LogP contribution in [-0.2, 0) is 4.74 Å². The number of ether oxygens (including phenoxy) is 2. The number of hydrogen-bond acceptors (Lipinski definition) is 3. The van der Waals surface area contributed by atoms with Crippen molar-refractivity contribution in [3.05, 3.63) is 28.2 Å². The fourth-order valence-electron chi connectivity index (χ4n) is 1.72. The average Bonchev–Trinajstić information content (AvgIpc) is 2.78. The summed E-state index contributed by atoms with van der Waals surface area (Å²) in [6.07, 6.45) is 0. The Morgan fingerprint density at radius 3 is 2.82 bits per heavy atom. The van der Waals surface area contributed by atoms with Gasteiger partial charge in [-0.1, -0.05) is 29.8 Å². The molecule has 1 atom stereocenters. The van der Waals surface area contributed by atoms with Gasteiger partial charge in [0.05, 0.1) is 18.7 Å². The van der Waals surface area contributed by atoms with Gasteiger partial charge >= 0.3 is 0 Å². The van der Waals surface area contributed by atoms with Gasteiger partial charge in [-0.15, -0.1) is 0 Å². The molecule has 17 heavy (non-hydrogen) atoms. The van der Waals surface area contributed by atoms with Gasteiger partial charge in [-0.25, -0.2) is 4.99 Å². The first-order valence-electron chi connectivity index (χ1n) is 5.66. The van der Waals surface area contributed by atoms with E-state index in [2.05, 4.69) is 34.8 Å². The molecule has 1 heterocycles. The second kappa shape index (κ2) is 5.08. The van der Waals surface area contributed by atoms with Crippen molar-refractivity contribution in [3.8, 4) is 5.75 Å². The van der Waals surface area contributed by atoms with Gasteiger partial charge in [0, 0.05) is 4.47 Å². The Bertz CT molecular complexity index is 443. The highest BCUT2D eigenvalue weighted by atomic mass is 79.9. The van der Waals surface area contributed by atoms with Crippen molar-refractivity contribution >= 4 is 21.8 Å². The van der Waals surface area contributed by atoms with Crippen molar-refractivity contribution in [1.29, 1.82) is 0 Å². The molecule has 4 heteroatoms. The molecule has 0 fully saturated rings. The van der Waals surface area contributed by atoms with E-state index in [0.29, 0.717) is 18.4 Å². The highest BCUT2D eigenvalue weighted by molar-refractivity contribution is 9.10. The quantitative estimate of drug-likeness (QED) is 0.857. The minimum Gasteiger partial charge on any atom is -0.496 e. The lowest BCUT2D eigenvalue weighted by Crippen LogP contribution is -2.13. The smallest absolute Gasteiger partial charge is 0.220 e. The lowest BCUT2D eigenvalue weighted by Gasteiger charge is -2.08. The van der Waals surface area contributed by atoms with E-state index in [1.54, 1.807) is 7.11 Å². The minimum absolute atomic E-state index is 0.248. The number of nitrogens with zero attached hydrogens (tertiary/aromatic N) is 1. The van der Waals surface area contributed by atoms with Crippen molar-refractivity contribution in [1.82, 2.24) is 0 Å². The maximum Gasteiger partial charge on any atom is 0.220 e. The van der Waals surface area contributed by atoms with Crippen LogP contribution < -0.4 is 4.74 Å². The van der Waals surface area contributed by atoms with E-state index in [1.807, 2.05) is 18.2 Å². The molecule has 0 N–H and O–H groups in total. The summed E-state index contributed by atoms with van der Waals surface area (Å²) in [6, 6.07) is 6.10. The summed E-state index contributed by atoms with van der Waals surface area (Å²) in [5.74, 6) is 1.96. The lowest BCUT2D eigenvalue weighted by atomic mass is 10.1. The third-order valence-corrected chi connectivity index (χ3v) is 3.33. The van der Waals surface area contributed by atoms with E-state index in [-0.39, 0.29) is 6.04 Å². The van der Waals surface area contributed by atoms with Gasteiger partial charge in [-0.2, -0.15) is 0 Å². The maximum absolute atomic E-state index is 5.65. The zero-order valence-electron chi connectivity index (χ0n) is 10.2. The monoisotopic (exact) mass is 297 g/mol. The predicted octanol–water partition coefficient (Wildman–Crippen LogP) is 3.26. The van der Waals surface area contributed by atoms with Gasteiger partial charge in [0.1, 0.15) is 12.4 Å². The van der Waals surface area contributed by atoms with E-state index < -0.39 is 0 Å². The van der Waals surface area contributed by atoms with Gasteiger partial charge in [0.25, 0.3) is 0 Å². The van der Waals surface area contributed by atoms with E-state index in [4.69, 9.17) is 9.47 Å². The zero-order valence-corrected chi connectivity index (χ0v) is 11.8. The van der Waals surface area contributed by atoms with Crippen molar-refractivity contribution in [2.75, 3.05) is 13.7 Å². The first kappa shape index (κ1) is 12.4. The third-order valence-electron chi connectivity index (χ3n) is 2.84. The fourth-order valence-corrected chi connectivity index (χ4v) is 2.06. The molecule has 3 nitrogen and oxygen atoms in total. The number of methoxy groups -OCH3 is 1. The Morgan fingerprint density at radius 1 is 1.47 bits per heavy atom. The fraction of sp³-hybridized carbons (Fsp3) is 0.462. The highest BCUT2D eigenvalue weighted by Gasteiger charge is 2.24. The van der Waals surface area contributed by atoms with Crippen LogP contribution in [0.2, 0.25) is 0 Å². The SMILES string of the molecule is COc1cc(Br)ccc1C1=N[C@@H](C(C)C)CO1. The topological polar surface area (TPSA) is 30.8 Å². The molecule has 0 amide bonds. The van der Waals surface area contributed by atoms with E-state index >= 15 is 0 Å². The van der Waals surface area contributed by atoms with Crippen LogP contribution in [0.4, 0.5) is 0 Å². The van der Waals surface area contributed by atoms with Crippen LogP contribution in [0.25, 0.3) is 0 Å². The minimum atomic E-state index is 0.248. The molecule has 0 saturated heterocycles. The van der Waals surface area contributed by atoms with Gasteiger partial charge in [-0.05, 0) is 24.1 Å². The molecule has 1 aliphatic rings. The van der Waals surface area contributed by atoms with E-state index in [9.17, 15) is 0 Å². The van der Waals surface area contributed by atoms with Crippen LogP contribution in [0.3, 0.4) is 0 Å². The molecule has 92 valence electrons. The second-order valence-electron chi connectivity index (χ2n) is 4.40. The molecule has 0 aromatic heterocycles. The Morgan fingerprint density at radius 2 is 2.24 bits per heavy atom. The van der Waals surface area contributed by atoms with Crippen LogP contribution in [0.1, 0.15) is 19.4 Å². The summed E-state index contributed by atoms with van der Waals surface area (Å²) in [7, 11) is 1.65. The largest absolute Gasteiger partial charge is 0.496 e. The van der Waals surface area contributed by atoms with Crippen LogP contribution >= 0.6 is 15.9 Å². The van der Waals surface area contributed by atoms with E-state index in [0.717, 1.165) is 15.8 Å². The molecular weight excluding hydrogens is 282 g/mol. The van der Waals surface area contributed by atoms with Crippen molar-refractivity contribution in [3.63, 3.8) is 0 Å². The van der Waals surface area contributed by atoms with Crippen molar-refractivity contribution in [2.24, 2.45) is 10.9 Å². The summed E-state index contributed by atoms with van der Waals surface area (Å²) in [6.45, 7) is 4.96. The van der Waals surface area contributed by atoms with Crippen LogP contribution in [0.15, 0.2) is 27.7 Å². The molecule has 0 spiro atoms. The molecular formula is C13H16BrNO2. The first-order valence-corrected chi connectivity index (χ1v) is 6.45. The van der Waals surface area contributed by atoms with Gasteiger partial charge < -0.3 is 9.47 Å². The van der Waals surface area contributed by atoms with E-state index in [1.165, 1.54) is 0 Å². The molecule has 1 aliphatic heterocycles. The summed E-state index contributed by atoms with van der Waals surface area (Å²) in [5, 5.41) is 0. The predicted molar refractivity (Wildman–Crippen MR) is 71.8 cm³/mol. The average molecular weight is 298 g/mol. The summed E-state index contributed by atoms with van der Waals surface area (Å²) < 4.78 is 12.0. The maximum atomic E-state index is 5.65. The lowest BCUT2D eigenvalue weighted by molar-refractivity contribution is 0.291. The Hall–Kier alpha value is -1.03. The van der Waals surface area contributed by atoms with Gasteiger partial charge in [0.15, 0.2) is 0 Å². The Kier molecular flexibility index (Phi) is 3.72. The van der Waals surface area contributed by atoms with Crippen LogP contribution in [0, 0.1) is 5.92 Å². The normalized spacial score (nSPS) is 19.1. The van der Waals surface area contributed by atoms with Crippen molar-refractivity contribution in [2.45, 2.75) is 19.9 Å². The number of halogens is 1. The molecule has 0 unspecified atom stereocenters. The second-order valence-corrected chi connectivity index (χ2v) is 5.32. The number of hydrogen-bond donors (Lipinski definition) is 0. The molecule has 0 bridgehead atoms. The zero-order chi connectivity index (χ0) is 12.4. The van der Waals surface area contributed by atoms with Gasteiger partial charge in [0.2, 0.25) is 5.90 Å². The molecule has 2 rings (SSSR count). The summed E-state index contributed by atoms with van der Waals surface area (Å²) in [4.78, 5) is 4.60. The van der Waals surface area contributed by atoms with Crippen molar-refractivity contribution < 1.29 is 9.47 Å². The Labute approximate surface area is 110 Å². The third kappa shape index (κ3) is 2.63. The summed E-state index contributed by atoms with van der Waals surface area (Å²) in [5.41, 5.74) is 0.916. The summed E-state index contributed by atoms with van der Waals surface area (Å²) >= 11 is 3.42. The number of rotatable bonds is 3. The molecule has 0 radical (unpaired) electrons. The van der Waals surface area contributed by atoms with Crippen LogP contribution in [0.5, 0.6) is 5.75 Å².